The standard InChI is InChI=1S/C19H23N3O3S/c1-20(2)26(24,25)22-13-11-21(12-14-22)19(23)18-10-6-9-17(15-18)16-7-4-3-5-8-16/h3-10,15H,11-14H2,1-2H3. The topological polar surface area (TPSA) is 60.9 Å². The van der Waals surface area contributed by atoms with Crippen molar-refractivity contribution in [1.29, 1.82) is 0 Å². The predicted molar refractivity (Wildman–Crippen MR) is 102 cm³/mol. The average molecular weight is 373 g/mol. The van der Waals surface area contributed by atoms with Gasteiger partial charge >= 0.3 is 0 Å². The molecule has 1 saturated heterocycles. The van der Waals surface area contributed by atoms with Gasteiger partial charge in [0.25, 0.3) is 16.1 Å². The first-order valence-electron chi connectivity index (χ1n) is 8.52. The summed E-state index contributed by atoms with van der Waals surface area (Å²) in [5.74, 6) is -0.0651. The molecular formula is C19H23N3O3S. The Bertz CT molecular complexity index is 874. The summed E-state index contributed by atoms with van der Waals surface area (Å²) in [6.45, 7) is 1.40. The van der Waals surface area contributed by atoms with E-state index in [0.29, 0.717) is 31.7 Å². The van der Waals surface area contributed by atoms with Crippen LogP contribution < -0.4 is 0 Å². The summed E-state index contributed by atoms with van der Waals surface area (Å²) in [5.41, 5.74) is 2.67. The van der Waals surface area contributed by atoms with Crippen LogP contribution >= 0.6 is 0 Å². The highest BCUT2D eigenvalue weighted by atomic mass is 32.2. The summed E-state index contributed by atoms with van der Waals surface area (Å²) < 4.78 is 27.0. The van der Waals surface area contributed by atoms with Gasteiger partial charge in [0, 0.05) is 45.8 Å². The van der Waals surface area contributed by atoms with Gasteiger partial charge in [0.05, 0.1) is 0 Å². The van der Waals surface area contributed by atoms with Gasteiger partial charge in [0.1, 0.15) is 0 Å². The van der Waals surface area contributed by atoms with Crippen molar-refractivity contribution in [3.63, 3.8) is 0 Å². The summed E-state index contributed by atoms with van der Waals surface area (Å²) in [5, 5.41) is 0. The van der Waals surface area contributed by atoms with E-state index in [9.17, 15) is 13.2 Å². The van der Waals surface area contributed by atoms with Gasteiger partial charge in [-0.3, -0.25) is 4.79 Å². The minimum Gasteiger partial charge on any atom is -0.336 e. The number of benzene rings is 2. The van der Waals surface area contributed by atoms with Crippen molar-refractivity contribution in [2.75, 3.05) is 40.3 Å². The Morgan fingerprint density at radius 3 is 2.12 bits per heavy atom. The summed E-state index contributed by atoms with van der Waals surface area (Å²) in [6, 6.07) is 17.5. The van der Waals surface area contributed by atoms with Crippen molar-refractivity contribution in [2.45, 2.75) is 0 Å². The second kappa shape index (κ2) is 7.57. The molecule has 0 aliphatic carbocycles. The highest BCUT2D eigenvalue weighted by molar-refractivity contribution is 7.86. The quantitative estimate of drug-likeness (QED) is 0.823. The molecule has 0 atom stereocenters. The SMILES string of the molecule is CN(C)S(=O)(=O)N1CCN(C(=O)c2cccc(-c3ccccc3)c2)CC1. The molecule has 1 fully saturated rings. The Kier molecular flexibility index (Phi) is 5.41. The second-order valence-corrected chi connectivity index (χ2v) is 8.57. The van der Waals surface area contributed by atoms with Crippen LogP contribution in [-0.2, 0) is 10.2 Å². The third kappa shape index (κ3) is 3.80. The van der Waals surface area contributed by atoms with E-state index in [1.165, 1.54) is 22.7 Å². The number of hydrogen-bond donors (Lipinski definition) is 0. The van der Waals surface area contributed by atoms with Gasteiger partial charge in [0.2, 0.25) is 0 Å². The van der Waals surface area contributed by atoms with Crippen LogP contribution in [0.4, 0.5) is 0 Å². The Morgan fingerprint density at radius 1 is 0.885 bits per heavy atom. The Labute approximate surface area is 154 Å². The van der Waals surface area contributed by atoms with Crippen LogP contribution in [0.15, 0.2) is 54.6 Å². The second-order valence-electron chi connectivity index (χ2n) is 6.43. The maximum atomic E-state index is 12.8. The van der Waals surface area contributed by atoms with E-state index in [1.54, 1.807) is 11.0 Å². The molecule has 0 saturated carbocycles. The van der Waals surface area contributed by atoms with E-state index in [2.05, 4.69) is 0 Å². The van der Waals surface area contributed by atoms with Crippen LogP contribution in [-0.4, -0.2) is 68.1 Å². The van der Waals surface area contributed by atoms with Gasteiger partial charge < -0.3 is 4.90 Å². The minimum absolute atomic E-state index is 0.0651. The van der Waals surface area contributed by atoms with Crippen LogP contribution in [0.1, 0.15) is 10.4 Å². The molecule has 0 aromatic heterocycles. The summed E-state index contributed by atoms with van der Waals surface area (Å²) in [4.78, 5) is 14.5. The lowest BCUT2D eigenvalue weighted by atomic mass is 10.0. The Balaban J connectivity index is 1.72. The molecule has 1 aliphatic rings. The predicted octanol–water partition coefficient (Wildman–Crippen LogP) is 1.92. The fraction of sp³-hybridized carbons (Fsp3) is 0.316. The van der Waals surface area contributed by atoms with Gasteiger partial charge in [-0.15, -0.1) is 0 Å². The highest BCUT2D eigenvalue weighted by Crippen LogP contribution is 2.21. The zero-order valence-corrected chi connectivity index (χ0v) is 15.8. The van der Waals surface area contributed by atoms with Crippen LogP contribution in [0.25, 0.3) is 11.1 Å². The lowest BCUT2D eigenvalue weighted by molar-refractivity contribution is 0.0695. The molecular weight excluding hydrogens is 350 g/mol. The fourth-order valence-corrected chi connectivity index (χ4v) is 4.08. The zero-order chi connectivity index (χ0) is 18.7. The molecule has 0 spiro atoms. The third-order valence-electron chi connectivity index (χ3n) is 4.53. The summed E-state index contributed by atoms with van der Waals surface area (Å²) in [6.07, 6.45) is 0. The molecule has 1 aliphatic heterocycles. The monoisotopic (exact) mass is 373 g/mol. The van der Waals surface area contributed by atoms with Crippen LogP contribution in [0.3, 0.4) is 0 Å². The van der Waals surface area contributed by atoms with Crippen LogP contribution in [0.5, 0.6) is 0 Å². The highest BCUT2D eigenvalue weighted by Gasteiger charge is 2.30. The van der Waals surface area contributed by atoms with Gasteiger partial charge in [-0.2, -0.15) is 17.0 Å². The number of rotatable bonds is 4. The van der Waals surface area contributed by atoms with E-state index in [4.69, 9.17) is 0 Å². The number of amides is 1. The van der Waals surface area contributed by atoms with Gasteiger partial charge in [-0.25, -0.2) is 0 Å². The first-order valence-corrected chi connectivity index (χ1v) is 9.91. The molecule has 0 unspecified atom stereocenters. The van der Waals surface area contributed by atoms with E-state index >= 15 is 0 Å². The van der Waals surface area contributed by atoms with E-state index in [1.807, 2.05) is 48.5 Å². The molecule has 7 heteroatoms. The number of carbonyl (C=O) groups excluding carboxylic acids is 1. The van der Waals surface area contributed by atoms with Crippen molar-refractivity contribution in [1.82, 2.24) is 13.5 Å². The minimum atomic E-state index is -3.43. The smallest absolute Gasteiger partial charge is 0.281 e. The summed E-state index contributed by atoms with van der Waals surface area (Å²) >= 11 is 0. The van der Waals surface area contributed by atoms with Crippen LogP contribution in [0.2, 0.25) is 0 Å². The molecule has 26 heavy (non-hydrogen) atoms. The maximum absolute atomic E-state index is 12.8. The number of carbonyl (C=O) groups is 1. The molecule has 0 N–H and O–H groups in total. The fourth-order valence-electron chi connectivity index (χ4n) is 3.00. The molecule has 6 nitrogen and oxygen atoms in total. The molecule has 138 valence electrons. The van der Waals surface area contributed by atoms with Gasteiger partial charge in [-0.1, -0.05) is 42.5 Å². The molecule has 1 amide bonds. The van der Waals surface area contributed by atoms with Gasteiger partial charge in [0.15, 0.2) is 0 Å². The molecule has 0 radical (unpaired) electrons. The molecule has 1 heterocycles. The lowest BCUT2D eigenvalue weighted by Crippen LogP contribution is -2.53. The summed E-state index contributed by atoms with van der Waals surface area (Å²) in [7, 11) is -0.396. The first-order chi connectivity index (χ1) is 12.4. The molecule has 0 bridgehead atoms. The van der Waals surface area contributed by atoms with E-state index < -0.39 is 10.2 Å². The van der Waals surface area contributed by atoms with Crippen molar-refractivity contribution in [3.05, 3.63) is 60.2 Å². The average Bonchev–Trinajstić information content (AvgIpc) is 2.68. The first kappa shape index (κ1) is 18.6. The third-order valence-corrected chi connectivity index (χ3v) is 6.47. The van der Waals surface area contributed by atoms with Gasteiger partial charge in [-0.05, 0) is 23.3 Å². The van der Waals surface area contributed by atoms with Crippen molar-refractivity contribution < 1.29 is 13.2 Å². The molecule has 2 aromatic rings. The number of hydrogen-bond acceptors (Lipinski definition) is 3. The normalized spacial score (nSPS) is 16.0. The van der Waals surface area contributed by atoms with E-state index in [0.717, 1.165) is 11.1 Å². The van der Waals surface area contributed by atoms with E-state index in [-0.39, 0.29) is 5.91 Å². The number of piperazine rings is 1. The Hall–Kier alpha value is -2.22. The number of nitrogens with zero attached hydrogens (tertiary/aromatic N) is 3. The molecule has 2 aromatic carbocycles. The van der Waals surface area contributed by atoms with Crippen molar-refractivity contribution >= 4 is 16.1 Å². The maximum Gasteiger partial charge on any atom is 0.281 e. The van der Waals surface area contributed by atoms with Crippen molar-refractivity contribution in [2.24, 2.45) is 0 Å². The zero-order valence-electron chi connectivity index (χ0n) is 15.0. The molecule has 3 rings (SSSR count). The van der Waals surface area contributed by atoms with Crippen LogP contribution in [0, 0.1) is 0 Å². The lowest BCUT2D eigenvalue weighted by Gasteiger charge is -2.35. The Morgan fingerprint density at radius 2 is 1.50 bits per heavy atom. The van der Waals surface area contributed by atoms with Crippen molar-refractivity contribution in [3.8, 4) is 11.1 Å². The largest absolute Gasteiger partial charge is 0.336 e.